The number of phenolic OH excluding ortho intramolecular Hbond substituents is 1. The van der Waals surface area contributed by atoms with E-state index in [1.807, 2.05) is 48.5 Å². The molecule has 56 heavy (non-hydrogen) atoms. The number of imide groups is 1. The number of aromatic nitrogens is 3. The van der Waals surface area contributed by atoms with Gasteiger partial charge in [-0.15, -0.1) is 0 Å². The van der Waals surface area contributed by atoms with Crippen LogP contribution in [0.15, 0.2) is 85.2 Å². The molecule has 0 bridgehead atoms. The number of benzene rings is 2. The molecule has 7 heterocycles. The topological polar surface area (TPSA) is 135 Å². The fraction of sp³-hybridized carbons (Fsp3) is 0.455. The summed E-state index contributed by atoms with van der Waals surface area (Å²) in [7, 11) is 0. The largest absolute Gasteiger partial charge is 0.507 e. The van der Waals surface area contributed by atoms with E-state index in [-0.39, 0.29) is 34.8 Å². The van der Waals surface area contributed by atoms with Crippen LogP contribution in [0.2, 0.25) is 0 Å². The maximum Gasteiger partial charge on any atom is 0.234 e. The Morgan fingerprint density at radius 2 is 1.59 bits per heavy atom. The standard InChI is InChI=1S/C44H50N8O4/c1-30(31-15-19-50(20-16-31)39-13-11-32(24-45-39)35-12-14-40(54)47-41(35)55)51-26-43(27-51)28-52(29-43)42(56)44(33-7-3-2-4-8-33)17-21-49(22-18-44)34-23-37(48-46-25-34)36-9-5-6-10-38(36)53/h2-11,13,23-25,30-31,35,53H,12,14-22,26-29H2,1H3,(H,47,54,55)/t30-,35-/m1/s1. The van der Waals surface area contributed by atoms with E-state index in [4.69, 9.17) is 4.98 Å². The molecule has 5 saturated heterocycles. The highest BCUT2D eigenvalue weighted by Gasteiger charge is 2.57. The summed E-state index contributed by atoms with van der Waals surface area (Å²) in [6.45, 7) is 9.46. The minimum absolute atomic E-state index is 0.176. The zero-order valence-electron chi connectivity index (χ0n) is 32.0. The second kappa shape index (κ2) is 14.6. The fourth-order valence-corrected chi connectivity index (χ4v) is 10.1. The van der Waals surface area contributed by atoms with Crippen molar-refractivity contribution in [2.45, 2.75) is 62.8 Å². The summed E-state index contributed by atoms with van der Waals surface area (Å²) in [5, 5.41) is 21.4. The van der Waals surface area contributed by atoms with E-state index >= 15 is 0 Å². The predicted octanol–water partition coefficient (Wildman–Crippen LogP) is 4.75. The van der Waals surface area contributed by atoms with Crippen LogP contribution < -0.4 is 15.1 Å². The quantitative estimate of drug-likeness (QED) is 0.243. The van der Waals surface area contributed by atoms with Crippen molar-refractivity contribution in [3.63, 3.8) is 0 Å². The van der Waals surface area contributed by atoms with E-state index < -0.39 is 5.41 Å². The third-order valence-electron chi connectivity index (χ3n) is 13.5. The molecule has 12 heteroatoms. The second-order valence-corrected chi connectivity index (χ2v) is 16.8. The predicted molar refractivity (Wildman–Crippen MR) is 213 cm³/mol. The van der Waals surface area contributed by atoms with Crippen LogP contribution in [-0.2, 0) is 19.8 Å². The molecular formula is C44H50N8O4. The van der Waals surface area contributed by atoms with Crippen LogP contribution in [0, 0.1) is 11.3 Å². The molecule has 0 unspecified atom stereocenters. The van der Waals surface area contributed by atoms with Crippen LogP contribution >= 0.6 is 0 Å². The monoisotopic (exact) mass is 754 g/mol. The van der Waals surface area contributed by atoms with Crippen molar-refractivity contribution in [1.82, 2.24) is 30.3 Å². The van der Waals surface area contributed by atoms with Crippen molar-refractivity contribution in [3.05, 3.63) is 96.3 Å². The lowest BCUT2D eigenvalue weighted by Gasteiger charge is -2.63. The number of para-hydroxylation sites is 1. The number of carbonyl (C=O) groups is 3. The summed E-state index contributed by atoms with van der Waals surface area (Å²) in [6.07, 6.45) is 8.12. The molecular weight excluding hydrogens is 705 g/mol. The van der Waals surface area contributed by atoms with Gasteiger partial charge in [-0.25, -0.2) is 4.98 Å². The highest BCUT2D eigenvalue weighted by atomic mass is 16.3. The Hall–Kier alpha value is -5.36. The van der Waals surface area contributed by atoms with E-state index in [1.165, 1.54) is 0 Å². The molecule has 12 nitrogen and oxygen atoms in total. The number of amides is 3. The Bertz CT molecular complexity index is 2080. The SMILES string of the molecule is C[C@H](C1CCN(c2ccc([C@H]3CCC(=O)NC3=O)cn2)CC1)N1CC2(CN(C(=O)C3(c4ccccc4)CCN(c4cnnc(-c5ccccc5O)c4)CC3)C2)C1. The fourth-order valence-electron chi connectivity index (χ4n) is 10.1. The normalized spacial score (nSPS) is 22.9. The Kier molecular flexibility index (Phi) is 9.47. The number of carbonyl (C=O) groups excluding carboxylic acids is 3. The highest BCUT2D eigenvalue weighted by molar-refractivity contribution is 6.00. The van der Waals surface area contributed by atoms with Crippen LogP contribution in [0.1, 0.15) is 62.5 Å². The minimum Gasteiger partial charge on any atom is -0.507 e. The highest BCUT2D eigenvalue weighted by Crippen LogP contribution is 2.47. The molecule has 3 amide bonds. The lowest BCUT2D eigenvalue weighted by Crippen LogP contribution is -2.75. The first-order valence-corrected chi connectivity index (χ1v) is 20.2. The summed E-state index contributed by atoms with van der Waals surface area (Å²) in [5.74, 6) is 1.25. The van der Waals surface area contributed by atoms with Gasteiger partial charge in [-0.1, -0.05) is 48.5 Å². The number of hydrogen-bond acceptors (Lipinski definition) is 10. The summed E-state index contributed by atoms with van der Waals surface area (Å²) in [4.78, 5) is 52.6. The Morgan fingerprint density at radius 3 is 2.29 bits per heavy atom. The van der Waals surface area contributed by atoms with Gasteiger partial charge in [0.2, 0.25) is 17.7 Å². The van der Waals surface area contributed by atoms with Gasteiger partial charge in [-0.2, -0.15) is 10.2 Å². The number of likely N-dealkylation sites (tertiary alicyclic amines) is 2. The summed E-state index contributed by atoms with van der Waals surface area (Å²) < 4.78 is 0. The van der Waals surface area contributed by atoms with Crippen molar-refractivity contribution < 1.29 is 19.5 Å². The van der Waals surface area contributed by atoms with Gasteiger partial charge >= 0.3 is 0 Å². The van der Waals surface area contributed by atoms with Gasteiger partial charge in [0, 0.05) is 82.0 Å². The van der Waals surface area contributed by atoms with Crippen molar-refractivity contribution >= 4 is 29.2 Å². The Morgan fingerprint density at radius 1 is 0.857 bits per heavy atom. The lowest BCUT2D eigenvalue weighted by molar-refractivity contribution is -0.171. The molecule has 0 aliphatic carbocycles. The average molecular weight is 755 g/mol. The number of anilines is 2. The van der Waals surface area contributed by atoms with E-state index in [2.05, 4.69) is 54.2 Å². The number of piperidine rings is 3. The van der Waals surface area contributed by atoms with Gasteiger partial charge in [0.15, 0.2) is 0 Å². The molecule has 290 valence electrons. The van der Waals surface area contributed by atoms with Crippen LogP contribution in [-0.4, -0.2) is 106 Å². The van der Waals surface area contributed by atoms with Crippen molar-refractivity contribution in [3.8, 4) is 17.0 Å². The first-order chi connectivity index (χ1) is 27.2. The van der Waals surface area contributed by atoms with Crippen molar-refractivity contribution in [2.75, 3.05) is 62.2 Å². The summed E-state index contributed by atoms with van der Waals surface area (Å²) in [5.41, 5.74) is 3.82. The molecule has 1 spiro atoms. The van der Waals surface area contributed by atoms with Gasteiger partial charge in [0.1, 0.15) is 11.6 Å². The molecule has 2 aromatic carbocycles. The lowest BCUT2D eigenvalue weighted by atomic mass is 9.67. The van der Waals surface area contributed by atoms with Gasteiger partial charge in [-0.3, -0.25) is 24.6 Å². The van der Waals surface area contributed by atoms with Crippen LogP contribution in [0.25, 0.3) is 11.3 Å². The van der Waals surface area contributed by atoms with Crippen molar-refractivity contribution in [1.29, 1.82) is 0 Å². The van der Waals surface area contributed by atoms with Crippen LogP contribution in [0.5, 0.6) is 5.75 Å². The third kappa shape index (κ3) is 6.67. The van der Waals surface area contributed by atoms with E-state index in [0.29, 0.717) is 36.1 Å². The zero-order valence-corrected chi connectivity index (χ0v) is 32.0. The van der Waals surface area contributed by atoms with Crippen molar-refractivity contribution in [2.24, 2.45) is 11.3 Å². The molecule has 0 radical (unpaired) electrons. The number of pyridine rings is 1. The molecule has 9 rings (SSSR count). The number of nitrogens with zero attached hydrogens (tertiary/aromatic N) is 7. The maximum absolute atomic E-state index is 14.6. The minimum atomic E-state index is -0.564. The first kappa shape index (κ1) is 36.3. The number of nitrogens with one attached hydrogen (secondary N) is 1. The van der Waals surface area contributed by atoms with E-state index in [1.54, 1.807) is 24.5 Å². The molecule has 5 fully saturated rings. The maximum atomic E-state index is 14.6. The zero-order chi connectivity index (χ0) is 38.4. The molecule has 2 N–H and O–H groups in total. The molecule has 5 aliphatic heterocycles. The van der Waals surface area contributed by atoms with Gasteiger partial charge in [-0.05, 0) is 80.3 Å². The molecule has 4 aromatic rings. The molecule has 5 aliphatic rings. The number of phenols is 1. The Labute approximate surface area is 327 Å². The van der Waals surface area contributed by atoms with Crippen LogP contribution in [0.4, 0.5) is 11.5 Å². The van der Waals surface area contributed by atoms with Gasteiger partial charge in [0.25, 0.3) is 0 Å². The summed E-state index contributed by atoms with van der Waals surface area (Å²) in [6, 6.07) is 24.0. The number of rotatable bonds is 8. The second-order valence-electron chi connectivity index (χ2n) is 16.8. The van der Waals surface area contributed by atoms with Gasteiger partial charge < -0.3 is 19.8 Å². The first-order valence-electron chi connectivity index (χ1n) is 20.2. The number of hydrogen-bond donors (Lipinski definition) is 2. The molecule has 2 aromatic heterocycles. The van der Waals surface area contributed by atoms with Crippen LogP contribution in [0.3, 0.4) is 0 Å². The smallest absolute Gasteiger partial charge is 0.234 e. The average Bonchev–Trinajstić information content (AvgIpc) is 3.20. The van der Waals surface area contributed by atoms with E-state index in [0.717, 1.165) is 101 Å². The molecule has 2 atom stereocenters. The number of aromatic hydroxyl groups is 1. The Balaban J connectivity index is 0.782. The summed E-state index contributed by atoms with van der Waals surface area (Å²) >= 11 is 0. The molecule has 0 saturated carbocycles. The van der Waals surface area contributed by atoms with E-state index in [9.17, 15) is 19.5 Å². The van der Waals surface area contributed by atoms with Gasteiger partial charge in [0.05, 0.1) is 28.9 Å². The third-order valence-corrected chi connectivity index (χ3v) is 13.5.